The van der Waals surface area contributed by atoms with Crippen molar-refractivity contribution >= 4 is 12.0 Å². The van der Waals surface area contributed by atoms with Gasteiger partial charge in [0.15, 0.2) is 0 Å². The van der Waals surface area contributed by atoms with Crippen molar-refractivity contribution in [2.75, 3.05) is 6.61 Å². The average molecular weight is 391 g/mol. The Morgan fingerprint density at radius 1 is 0.931 bits per heavy atom. The molecule has 0 amide bonds. The van der Waals surface area contributed by atoms with E-state index in [2.05, 4.69) is 71.9 Å². The maximum atomic E-state index is 11.7. The number of fused-ring (bicyclic) bond motifs is 1. The molecule has 2 heteroatoms. The quantitative estimate of drug-likeness (QED) is 0.419. The molecule has 154 valence electrons. The van der Waals surface area contributed by atoms with Crippen LogP contribution in [0.4, 0.5) is 0 Å². The summed E-state index contributed by atoms with van der Waals surface area (Å²) in [6.07, 6.45) is 5.76. The Morgan fingerprint density at radius 3 is 2.14 bits per heavy atom. The average Bonchev–Trinajstić information content (AvgIpc) is 2.65. The van der Waals surface area contributed by atoms with E-state index in [1.54, 1.807) is 0 Å². The Labute approximate surface area is 176 Å². The molecule has 1 aliphatic carbocycles. The molecule has 0 heterocycles. The Balaban J connectivity index is 2.10. The van der Waals surface area contributed by atoms with Gasteiger partial charge in [0.05, 0.1) is 6.61 Å². The van der Waals surface area contributed by atoms with Crippen LogP contribution in [-0.2, 0) is 20.4 Å². The summed E-state index contributed by atoms with van der Waals surface area (Å²) in [7, 11) is 0. The molecule has 2 aromatic rings. The van der Waals surface area contributed by atoms with Gasteiger partial charge < -0.3 is 4.74 Å². The maximum absolute atomic E-state index is 11.7. The molecule has 3 rings (SSSR count). The smallest absolute Gasteiger partial charge is 0.330 e. The predicted octanol–water partition coefficient (Wildman–Crippen LogP) is 6.90. The lowest BCUT2D eigenvalue weighted by Gasteiger charge is -2.42. The van der Waals surface area contributed by atoms with Crippen molar-refractivity contribution in [1.82, 2.24) is 0 Å². The van der Waals surface area contributed by atoms with Crippen molar-refractivity contribution in [3.63, 3.8) is 0 Å². The summed E-state index contributed by atoms with van der Waals surface area (Å²) in [5, 5.41) is 0. The normalized spacial score (nSPS) is 17.2. The lowest BCUT2D eigenvalue weighted by molar-refractivity contribution is -0.137. The van der Waals surface area contributed by atoms with Gasteiger partial charge in [-0.05, 0) is 95.5 Å². The summed E-state index contributed by atoms with van der Waals surface area (Å²) in [5.41, 5.74) is 9.45. The van der Waals surface area contributed by atoms with Gasteiger partial charge in [-0.3, -0.25) is 0 Å². The molecule has 0 bridgehead atoms. The first-order chi connectivity index (χ1) is 13.5. The standard InChI is InChI=1S/C27H34O2/c1-8-29-25(28)12-11-20-10-9-18(2)21(16-20)22-17-24-23(15-19(22)3)26(4,5)13-14-27(24,6)7/h9-12,15-17H,8,13-14H2,1-7H3. The number of ether oxygens (including phenoxy) is 1. The van der Waals surface area contributed by atoms with Crippen LogP contribution in [-0.4, -0.2) is 12.6 Å². The van der Waals surface area contributed by atoms with Crippen molar-refractivity contribution in [3.8, 4) is 11.1 Å². The fourth-order valence-corrected chi connectivity index (χ4v) is 4.40. The van der Waals surface area contributed by atoms with E-state index in [0.29, 0.717) is 6.61 Å². The van der Waals surface area contributed by atoms with Gasteiger partial charge in [0, 0.05) is 6.08 Å². The summed E-state index contributed by atoms with van der Waals surface area (Å²) >= 11 is 0. The van der Waals surface area contributed by atoms with E-state index < -0.39 is 0 Å². The van der Waals surface area contributed by atoms with Gasteiger partial charge in [-0.1, -0.05) is 52.0 Å². The van der Waals surface area contributed by atoms with E-state index in [1.807, 2.05) is 13.0 Å². The number of benzene rings is 2. The van der Waals surface area contributed by atoms with Crippen LogP contribution in [0.2, 0.25) is 0 Å². The second-order valence-electron chi connectivity index (χ2n) is 9.64. The highest BCUT2D eigenvalue weighted by atomic mass is 16.5. The molecular formula is C27H34O2. The van der Waals surface area contributed by atoms with Crippen LogP contribution in [0.3, 0.4) is 0 Å². The van der Waals surface area contributed by atoms with E-state index >= 15 is 0 Å². The maximum Gasteiger partial charge on any atom is 0.330 e. The molecule has 1 aliphatic rings. The van der Waals surface area contributed by atoms with Crippen LogP contribution >= 0.6 is 0 Å². The van der Waals surface area contributed by atoms with E-state index in [4.69, 9.17) is 4.74 Å². The molecule has 0 fully saturated rings. The molecule has 0 radical (unpaired) electrons. The van der Waals surface area contributed by atoms with E-state index in [9.17, 15) is 4.79 Å². The number of carbonyl (C=O) groups excluding carboxylic acids is 1. The summed E-state index contributed by atoms with van der Waals surface area (Å²) in [5.74, 6) is -0.302. The van der Waals surface area contributed by atoms with Crippen LogP contribution in [0.5, 0.6) is 0 Å². The summed E-state index contributed by atoms with van der Waals surface area (Å²) in [4.78, 5) is 11.7. The van der Waals surface area contributed by atoms with Gasteiger partial charge in [-0.25, -0.2) is 4.79 Å². The van der Waals surface area contributed by atoms with Crippen molar-refractivity contribution < 1.29 is 9.53 Å². The molecule has 0 unspecified atom stereocenters. The van der Waals surface area contributed by atoms with Crippen LogP contribution in [0.15, 0.2) is 36.4 Å². The number of rotatable bonds is 4. The first kappa shape index (κ1) is 21.4. The van der Waals surface area contributed by atoms with Gasteiger partial charge in [-0.2, -0.15) is 0 Å². The number of hydrogen-bond donors (Lipinski definition) is 0. The summed E-state index contributed by atoms with van der Waals surface area (Å²) in [6, 6.07) is 11.2. The minimum absolute atomic E-state index is 0.183. The van der Waals surface area contributed by atoms with Gasteiger partial charge in [0.1, 0.15) is 0 Å². The van der Waals surface area contributed by atoms with Crippen LogP contribution in [0.25, 0.3) is 17.2 Å². The van der Waals surface area contributed by atoms with Crippen molar-refractivity contribution in [2.24, 2.45) is 0 Å². The van der Waals surface area contributed by atoms with Gasteiger partial charge in [0.25, 0.3) is 0 Å². The summed E-state index contributed by atoms with van der Waals surface area (Å²) < 4.78 is 5.00. The molecule has 0 aromatic heterocycles. The molecular weight excluding hydrogens is 356 g/mol. The Bertz CT molecular complexity index is 961. The predicted molar refractivity (Wildman–Crippen MR) is 122 cm³/mol. The fraction of sp³-hybridized carbons (Fsp3) is 0.444. The largest absolute Gasteiger partial charge is 0.463 e. The third-order valence-corrected chi connectivity index (χ3v) is 6.45. The Morgan fingerprint density at radius 2 is 1.52 bits per heavy atom. The third kappa shape index (κ3) is 4.32. The molecule has 29 heavy (non-hydrogen) atoms. The lowest BCUT2D eigenvalue weighted by Crippen LogP contribution is -2.34. The number of hydrogen-bond acceptors (Lipinski definition) is 2. The topological polar surface area (TPSA) is 26.3 Å². The number of aryl methyl sites for hydroxylation is 2. The van der Waals surface area contributed by atoms with Crippen LogP contribution in [0, 0.1) is 13.8 Å². The first-order valence-electron chi connectivity index (χ1n) is 10.7. The zero-order valence-electron chi connectivity index (χ0n) is 19.0. The van der Waals surface area contributed by atoms with E-state index in [0.717, 1.165) is 5.56 Å². The van der Waals surface area contributed by atoms with E-state index in [-0.39, 0.29) is 16.8 Å². The van der Waals surface area contributed by atoms with Crippen LogP contribution < -0.4 is 0 Å². The Hall–Kier alpha value is -2.35. The van der Waals surface area contributed by atoms with Crippen molar-refractivity contribution in [1.29, 1.82) is 0 Å². The monoisotopic (exact) mass is 390 g/mol. The van der Waals surface area contributed by atoms with Crippen LogP contribution in [0.1, 0.15) is 75.3 Å². The highest BCUT2D eigenvalue weighted by Crippen LogP contribution is 2.47. The van der Waals surface area contributed by atoms with E-state index in [1.165, 1.54) is 52.3 Å². The second-order valence-corrected chi connectivity index (χ2v) is 9.64. The lowest BCUT2D eigenvalue weighted by atomic mass is 9.62. The fourth-order valence-electron chi connectivity index (χ4n) is 4.40. The molecule has 0 aliphatic heterocycles. The number of carbonyl (C=O) groups is 1. The zero-order valence-corrected chi connectivity index (χ0v) is 19.0. The van der Waals surface area contributed by atoms with Crippen molar-refractivity contribution in [3.05, 3.63) is 64.2 Å². The van der Waals surface area contributed by atoms with Gasteiger partial charge in [-0.15, -0.1) is 0 Å². The molecule has 2 nitrogen and oxygen atoms in total. The molecule has 0 saturated carbocycles. The molecule has 0 N–H and O–H groups in total. The minimum Gasteiger partial charge on any atom is -0.463 e. The highest BCUT2D eigenvalue weighted by Gasteiger charge is 2.37. The molecule has 2 aromatic carbocycles. The number of esters is 1. The SMILES string of the molecule is CCOC(=O)C=Cc1ccc(C)c(-c2cc3c(cc2C)C(C)(C)CCC3(C)C)c1. The van der Waals surface area contributed by atoms with Crippen molar-refractivity contribution in [2.45, 2.75) is 72.1 Å². The zero-order chi connectivity index (χ0) is 21.4. The Kier molecular flexibility index (Phi) is 5.76. The van der Waals surface area contributed by atoms with Gasteiger partial charge >= 0.3 is 5.97 Å². The molecule has 0 saturated heterocycles. The first-order valence-corrected chi connectivity index (χ1v) is 10.7. The summed E-state index contributed by atoms with van der Waals surface area (Å²) in [6.45, 7) is 16.0. The van der Waals surface area contributed by atoms with Gasteiger partial charge in [0.2, 0.25) is 0 Å². The second kappa shape index (κ2) is 7.82. The minimum atomic E-state index is -0.302. The highest BCUT2D eigenvalue weighted by molar-refractivity contribution is 5.87. The third-order valence-electron chi connectivity index (χ3n) is 6.45. The molecule has 0 atom stereocenters. The molecule has 0 spiro atoms.